The Morgan fingerprint density at radius 2 is 1.50 bits per heavy atom. The van der Waals surface area contributed by atoms with Crippen LogP contribution in [0.1, 0.15) is 11.1 Å². The lowest BCUT2D eigenvalue weighted by atomic mass is 9.95. The van der Waals surface area contributed by atoms with E-state index in [0.29, 0.717) is 17.8 Å². The van der Waals surface area contributed by atoms with Crippen LogP contribution in [0.5, 0.6) is 5.75 Å². The van der Waals surface area contributed by atoms with Gasteiger partial charge in [-0.05, 0) is 59.0 Å². The Labute approximate surface area is 140 Å². The van der Waals surface area contributed by atoms with Crippen LogP contribution in [0.15, 0.2) is 66.7 Å². The van der Waals surface area contributed by atoms with Gasteiger partial charge in [0.1, 0.15) is 5.75 Å². The maximum Gasteiger partial charge on any atom is 0.298 e. The van der Waals surface area contributed by atoms with Crippen molar-refractivity contribution in [3.63, 3.8) is 0 Å². The minimum atomic E-state index is 0.422. The predicted molar refractivity (Wildman–Crippen MR) is 93.5 cm³/mol. The van der Waals surface area contributed by atoms with Crippen LogP contribution in [0.2, 0.25) is 0 Å². The van der Waals surface area contributed by atoms with Crippen molar-refractivity contribution in [2.75, 3.05) is 0 Å². The number of benzene rings is 3. The molecule has 0 aliphatic heterocycles. The number of ether oxygens (including phenoxy) is 1. The molecule has 0 heterocycles. The fourth-order valence-corrected chi connectivity index (χ4v) is 2.67. The number of nitrogens with zero attached hydrogens (tertiary/aromatic N) is 1. The molecule has 0 amide bonds. The lowest BCUT2D eigenvalue weighted by Crippen LogP contribution is -1.89. The summed E-state index contributed by atoms with van der Waals surface area (Å²) in [7, 11) is 0. The van der Waals surface area contributed by atoms with E-state index >= 15 is 0 Å². The summed E-state index contributed by atoms with van der Waals surface area (Å²) < 4.78 is 4.81. The SMILES string of the molecule is Cc1cc(-c2ccc(OC=O)cc2)ccc1-c1ccc(C#N)cc1. The standard InChI is InChI=1S/C21H15NO2/c1-15-12-19(17-6-9-20(10-7-17)24-14-23)8-11-21(15)18-4-2-16(13-22)3-5-18/h2-12,14H,1H3. The smallest absolute Gasteiger partial charge is 0.298 e. The molecule has 3 aromatic rings. The minimum absolute atomic E-state index is 0.422. The highest BCUT2D eigenvalue weighted by molar-refractivity contribution is 5.74. The molecule has 0 bridgehead atoms. The van der Waals surface area contributed by atoms with Gasteiger partial charge in [0, 0.05) is 0 Å². The van der Waals surface area contributed by atoms with E-state index in [1.165, 1.54) is 0 Å². The molecule has 3 nitrogen and oxygen atoms in total. The van der Waals surface area contributed by atoms with E-state index in [4.69, 9.17) is 10.00 Å². The lowest BCUT2D eigenvalue weighted by molar-refractivity contribution is -0.120. The van der Waals surface area contributed by atoms with Crippen molar-refractivity contribution in [2.24, 2.45) is 0 Å². The summed E-state index contributed by atoms with van der Waals surface area (Å²) in [6.45, 7) is 2.49. The molecule has 0 aliphatic carbocycles. The monoisotopic (exact) mass is 313 g/mol. The Morgan fingerprint density at radius 1 is 0.875 bits per heavy atom. The first-order valence-corrected chi connectivity index (χ1v) is 7.53. The van der Waals surface area contributed by atoms with E-state index in [-0.39, 0.29) is 0 Å². The van der Waals surface area contributed by atoms with Crippen molar-refractivity contribution >= 4 is 6.47 Å². The Balaban J connectivity index is 1.91. The highest BCUT2D eigenvalue weighted by Gasteiger charge is 2.05. The quantitative estimate of drug-likeness (QED) is 0.654. The number of rotatable bonds is 4. The molecule has 3 aromatic carbocycles. The molecule has 0 aliphatic rings. The third kappa shape index (κ3) is 3.18. The summed E-state index contributed by atoms with van der Waals surface area (Å²) in [4.78, 5) is 10.3. The molecule has 0 atom stereocenters. The van der Waals surface area contributed by atoms with Crippen LogP contribution in [-0.4, -0.2) is 6.47 Å². The molecular formula is C21H15NO2. The van der Waals surface area contributed by atoms with Gasteiger partial charge < -0.3 is 4.74 Å². The minimum Gasteiger partial charge on any atom is -0.429 e. The maximum absolute atomic E-state index is 10.3. The van der Waals surface area contributed by atoms with Crippen molar-refractivity contribution in [3.8, 4) is 34.1 Å². The first-order chi connectivity index (χ1) is 11.7. The van der Waals surface area contributed by atoms with Gasteiger partial charge in [-0.25, -0.2) is 0 Å². The number of nitriles is 1. The Bertz CT molecular complexity index is 904. The normalized spacial score (nSPS) is 10.0. The highest BCUT2D eigenvalue weighted by atomic mass is 16.5. The van der Waals surface area contributed by atoms with Gasteiger partial charge in [0.05, 0.1) is 11.6 Å². The van der Waals surface area contributed by atoms with E-state index in [0.717, 1.165) is 27.8 Å². The van der Waals surface area contributed by atoms with Crippen LogP contribution in [-0.2, 0) is 4.79 Å². The summed E-state index contributed by atoms with van der Waals surface area (Å²) in [5.74, 6) is 0.527. The Morgan fingerprint density at radius 3 is 2.08 bits per heavy atom. The van der Waals surface area contributed by atoms with Crippen LogP contribution in [0.4, 0.5) is 0 Å². The van der Waals surface area contributed by atoms with E-state index in [1.807, 2.05) is 36.4 Å². The molecule has 0 radical (unpaired) electrons. The van der Waals surface area contributed by atoms with E-state index < -0.39 is 0 Å². The molecule has 24 heavy (non-hydrogen) atoms. The zero-order chi connectivity index (χ0) is 16.9. The van der Waals surface area contributed by atoms with Gasteiger partial charge >= 0.3 is 0 Å². The van der Waals surface area contributed by atoms with Crippen LogP contribution < -0.4 is 4.74 Å². The van der Waals surface area contributed by atoms with Gasteiger partial charge in [0.25, 0.3) is 6.47 Å². The lowest BCUT2D eigenvalue weighted by Gasteiger charge is -2.10. The molecule has 0 fully saturated rings. The van der Waals surface area contributed by atoms with Gasteiger partial charge in [-0.1, -0.05) is 42.5 Å². The second-order valence-corrected chi connectivity index (χ2v) is 5.46. The molecule has 3 heteroatoms. The molecule has 0 saturated carbocycles. The van der Waals surface area contributed by atoms with Gasteiger partial charge in [0.2, 0.25) is 0 Å². The zero-order valence-corrected chi connectivity index (χ0v) is 13.2. The number of carbonyl (C=O) groups is 1. The average molecular weight is 313 g/mol. The van der Waals surface area contributed by atoms with Crippen LogP contribution in [0.25, 0.3) is 22.3 Å². The molecule has 0 spiro atoms. The second kappa shape index (κ2) is 6.80. The number of aryl methyl sites for hydroxylation is 1. The van der Waals surface area contributed by atoms with Crippen molar-refractivity contribution in [1.29, 1.82) is 5.26 Å². The fraction of sp³-hybridized carbons (Fsp3) is 0.0476. The van der Waals surface area contributed by atoms with Gasteiger partial charge in [-0.2, -0.15) is 5.26 Å². The third-order valence-corrected chi connectivity index (χ3v) is 3.92. The van der Waals surface area contributed by atoms with Gasteiger partial charge in [-0.3, -0.25) is 4.79 Å². The van der Waals surface area contributed by atoms with Crippen molar-refractivity contribution in [3.05, 3.63) is 77.9 Å². The molecule has 0 saturated heterocycles. The Kier molecular flexibility index (Phi) is 4.40. The van der Waals surface area contributed by atoms with E-state index in [1.54, 1.807) is 12.1 Å². The van der Waals surface area contributed by atoms with Crippen molar-refractivity contribution < 1.29 is 9.53 Å². The van der Waals surface area contributed by atoms with Crippen LogP contribution in [0.3, 0.4) is 0 Å². The predicted octanol–water partition coefficient (Wildman–Crippen LogP) is 4.74. The number of carbonyl (C=O) groups excluding carboxylic acids is 1. The van der Waals surface area contributed by atoms with Gasteiger partial charge in [0.15, 0.2) is 0 Å². The molecule has 116 valence electrons. The number of hydrogen-bond donors (Lipinski definition) is 0. The molecule has 0 unspecified atom stereocenters. The largest absolute Gasteiger partial charge is 0.429 e. The maximum atomic E-state index is 10.3. The molecule has 3 rings (SSSR count). The molecule has 0 N–H and O–H groups in total. The van der Waals surface area contributed by atoms with Crippen LogP contribution >= 0.6 is 0 Å². The summed E-state index contributed by atoms with van der Waals surface area (Å²) in [6.07, 6.45) is 0. The van der Waals surface area contributed by atoms with E-state index in [9.17, 15) is 4.79 Å². The topological polar surface area (TPSA) is 50.1 Å². The number of hydrogen-bond acceptors (Lipinski definition) is 3. The van der Waals surface area contributed by atoms with Crippen molar-refractivity contribution in [2.45, 2.75) is 6.92 Å². The summed E-state index contributed by atoms with van der Waals surface area (Å²) in [5, 5.41) is 8.89. The molecule has 0 aromatic heterocycles. The molecular weight excluding hydrogens is 298 g/mol. The summed E-state index contributed by atoms with van der Waals surface area (Å²) >= 11 is 0. The zero-order valence-electron chi connectivity index (χ0n) is 13.2. The van der Waals surface area contributed by atoms with Crippen LogP contribution in [0, 0.1) is 18.3 Å². The summed E-state index contributed by atoms with van der Waals surface area (Å²) in [5.41, 5.74) is 6.21. The Hall–Kier alpha value is -3.38. The third-order valence-electron chi connectivity index (χ3n) is 3.92. The highest BCUT2D eigenvalue weighted by Crippen LogP contribution is 2.29. The summed E-state index contributed by atoms with van der Waals surface area (Å²) in [6, 6.07) is 23.4. The average Bonchev–Trinajstić information content (AvgIpc) is 2.63. The van der Waals surface area contributed by atoms with E-state index in [2.05, 4.69) is 31.2 Å². The van der Waals surface area contributed by atoms with Crippen molar-refractivity contribution in [1.82, 2.24) is 0 Å². The van der Waals surface area contributed by atoms with Gasteiger partial charge in [-0.15, -0.1) is 0 Å². The first kappa shape index (κ1) is 15.5. The first-order valence-electron chi connectivity index (χ1n) is 7.53. The second-order valence-electron chi connectivity index (χ2n) is 5.46. The fourth-order valence-electron chi connectivity index (χ4n) is 2.67.